The van der Waals surface area contributed by atoms with Gasteiger partial charge in [0.05, 0.1) is 0 Å². The summed E-state index contributed by atoms with van der Waals surface area (Å²) in [4.78, 5) is 28.4. The Balaban J connectivity index is 1.39. The molecule has 5 heteroatoms. The van der Waals surface area contributed by atoms with Gasteiger partial charge in [0, 0.05) is 62.8 Å². The molecule has 0 aliphatic heterocycles. The van der Waals surface area contributed by atoms with Crippen LogP contribution in [0.15, 0.2) is 71.3 Å². The zero-order chi connectivity index (χ0) is 29.8. The van der Waals surface area contributed by atoms with E-state index in [0.29, 0.717) is 30.2 Å². The van der Waals surface area contributed by atoms with E-state index in [1.54, 1.807) is 19.0 Å². The maximum Gasteiger partial charge on any atom is 0.253 e. The Morgan fingerprint density at radius 2 is 1.67 bits per heavy atom. The molecule has 4 aliphatic rings. The molecule has 0 bridgehead atoms. The molecule has 0 spiro atoms. The van der Waals surface area contributed by atoms with E-state index in [9.17, 15) is 14.7 Å². The highest BCUT2D eigenvalue weighted by Crippen LogP contribution is 2.66. The first-order valence-electron chi connectivity index (χ1n) is 15.3. The van der Waals surface area contributed by atoms with Gasteiger partial charge < -0.3 is 14.9 Å². The normalized spacial score (nSPS) is 29.9. The summed E-state index contributed by atoms with van der Waals surface area (Å²) in [6, 6.07) is 16.3. The van der Waals surface area contributed by atoms with Gasteiger partial charge in [0.25, 0.3) is 5.91 Å². The van der Waals surface area contributed by atoms with Crippen molar-refractivity contribution in [2.75, 3.05) is 33.1 Å². The highest BCUT2D eigenvalue weighted by atomic mass is 16.3. The minimum atomic E-state index is -1.10. The van der Waals surface area contributed by atoms with E-state index in [4.69, 9.17) is 0 Å². The molecule has 42 heavy (non-hydrogen) atoms. The van der Waals surface area contributed by atoms with Crippen LogP contribution in [0.3, 0.4) is 0 Å². The largest absolute Gasteiger partial charge is 0.378 e. The molecule has 0 radical (unpaired) electrons. The summed E-state index contributed by atoms with van der Waals surface area (Å²) in [5.41, 5.74) is 6.61. The second-order valence-electron chi connectivity index (χ2n) is 13.4. The Hall–Kier alpha value is -3.62. The number of rotatable bonds is 3. The molecule has 5 nitrogen and oxygen atoms in total. The average molecular weight is 563 g/mol. The number of carbonyl (C=O) groups excluding carboxylic acids is 2. The fraction of sp³-hybridized carbons (Fsp3) is 0.459. The average Bonchev–Trinajstić information content (AvgIpc) is 3.25. The van der Waals surface area contributed by atoms with E-state index in [-0.39, 0.29) is 23.0 Å². The summed E-state index contributed by atoms with van der Waals surface area (Å²) < 4.78 is 0. The molecule has 2 aromatic carbocycles. The van der Waals surface area contributed by atoms with Gasteiger partial charge >= 0.3 is 0 Å². The van der Waals surface area contributed by atoms with Crippen molar-refractivity contribution in [2.45, 2.75) is 63.4 Å². The quantitative estimate of drug-likeness (QED) is 0.457. The zero-order valence-electron chi connectivity index (χ0n) is 25.5. The Morgan fingerprint density at radius 3 is 2.33 bits per heavy atom. The highest BCUT2D eigenvalue weighted by Gasteiger charge is 2.62. The second kappa shape index (κ2) is 10.6. The molecule has 0 saturated heterocycles. The van der Waals surface area contributed by atoms with Crippen molar-refractivity contribution in [3.63, 3.8) is 0 Å². The first-order chi connectivity index (χ1) is 20.0. The Kier molecular flexibility index (Phi) is 7.18. The molecular weight excluding hydrogens is 520 g/mol. The molecule has 1 amide bonds. The van der Waals surface area contributed by atoms with Crippen molar-refractivity contribution in [1.82, 2.24) is 4.90 Å². The highest BCUT2D eigenvalue weighted by molar-refractivity contribution is 5.94. The van der Waals surface area contributed by atoms with Crippen LogP contribution in [-0.4, -0.2) is 55.5 Å². The second-order valence-corrected chi connectivity index (χ2v) is 13.4. The minimum absolute atomic E-state index is 0.0381. The predicted molar refractivity (Wildman–Crippen MR) is 167 cm³/mol. The van der Waals surface area contributed by atoms with E-state index in [0.717, 1.165) is 37.7 Å². The fourth-order valence-corrected chi connectivity index (χ4v) is 8.30. The van der Waals surface area contributed by atoms with Gasteiger partial charge in [-0.1, -0.05) is 36.5 Å². The first-order valence-corrected chi connectivity index (χ1v) is 15.3. The number of hydrogen-bond acceptors (Lipinski definition) is 4. The van der Waals surface area contributed by atoms with Crippen LogP contribution < -0.4 is 4.90 Å². The number of fused-ring (bicyclic) bond motifs is 4. The molecule has 4 aliphatic carbocycles. The van der Waals surface area contributed by atoms with E-state index in [1.807, 2.05) is 30.3 Å². The molecule has 2 saturated carbocycles. The number of hydrogen-bond donors (Lipinski definition) is 1. The van der Waals surface area contributed by atoms with Gasteiger partial charge in [-0.2, -0.15) is 0 Å². The summed E-state index contributed by atoms with van der Waals surface area (Å²) in [5, 5.41) is 12.3. The number of anilines is 1. The molecule has 6 rings (SSSR count). The molecule has 0 heterocycles. The lowest BCUT2D eigenvalue weighted by molar-refractivity contribution is -0.114. The van der Waals surface area contributed by atoms with E-state index >= 15 is 0 Å². The van der Waals surface area contributed by atoms with Crippen molar-refractivity contribution in [1.29, 1.82) is 0 Å². The number of benzene rings is 2. The summed E-state index contributed by atoms with van der Waals surface area (Å²) in [7, 11) is 7.61. The number of amides is 1. The van der Waals surface area contributed by atoms with Gasteiger partial charge in [-0.05, 0) is 110 Å². The van der Waals surface area contributed by atoms with Crippen LogP contribution in [0.25, 0.3) is 0 Å². The van der Waals surface area contributed by atoms with Gasteiger partial charge in [0.15, 0.2) is 5.78 Å². The van der Waals surface area contributed by atoms with Crippen molar-refractivity contribution in [2.24, 2.45) is 17.3 Å². The Bertz CT molecular complexity index is 1540. The van der Waals surface area contributed by atoms with Crippen LogP contribution in [0.4, 0.5) is 5.69 Å². The van der Waals surface area contributed by atoms with Crippen LogP contribution in [0, 0.1) is 29.1 Å². The summed E-state index contributed by atoms with van der Waals surface area (Å²) in [5.74, 6) is 7.79. The number of allylic oxidation sites excluding steroid dienone is 4. The predicted octanol–water partition coefficient (Wildman–Crippen LogP) is 6.14. The SMILES string of the molecule is CN(C)C(=O)c1ccc(C#C[C@]2(O)CC[C@H]3[C@@H]4CCC5=CC(=O)CCC5=C4[C@@H](c4ccc(N(C)C)cc4)C[C@@]32C)cc1. The third-order valence-electron chi connectivity index (χ3n) is 10.6. The number of carbonyl (C=O) groups is 2. The molecular formula is C37H42N2O3. The topological polar surface area (TPSA) is 60.9 Å². The molecule has 1 N–H and O–H groups in total. The Labute approximate surface area is 250 Å². The van der Waals surface area contributed by atoms with Crippen LogP contribution in [0.5, 0.6) is 0 Å². The molecule has 218 valence electrons. The molecule has 0 aromatic heterocycles. The van der Waals surface area contributed by atoms with Crippen molar-refractivity contribution < 1.29 is 14.7 Å². The van der Waals surface area contributed by atoms with E-state index in [2.05, 4.69) is 62.0 Å². The molecule has 0 unspecified atom stereocenters. The maximum atomic E-state index is 12.3. The van der Waals surface area contributed by atoms with Crippen molar-refractivity contribution >= 4 is 17.4 Å². The monoisotopic (exact) mass is 562 g/mol. The lowest BCUT2D eigenvalue weighted by Gasteiger charge is -2.53. The van der Waals surface area contributed by atoms with Gasteiger partial charge in [-0.25, -0.2) is 0 Å². The number of aliphatic hydroxyl groups is 1. The van der Waals surface area contributed by atoms with Crippen LogP contribution >= 0.6 is 0 Å². The summed E-state index contributed by atoms with van der Waals surface area (Å²) in [6.45, 7) is 2.27. The molecule has 5 atom stereocenters. The zero-order valence-corrected chi connectivity index (χ0v) is 25.5. The molecule has 2 fully saturated rings. The van der Waals surface area contributed by atoms with Crippen molar-refractivity contribution in [3.8, 4) is 11.8 Å². The third kappa shape index (κ3) is 4.71. The Morgan fingerprint density at radius 1 is 0.952 bits per heavy atom. The minimum Gasteiger partial charge on any atom is -0.378 e. The van der Waals surface area contributed by atoms with Crippen LogP contribution in [0.1, 0.15) is 79.3 Å². The lowest BCUT2D eigenvalue weighted by Crippen LogP contribution is -2.51. The number of ketones is 1. The maximum absolute atomic E-state index is 12.3. The summed E-state index contributed by atoms with van der Waals surface area (Å²) in [6.07, 6.45) is 7.74. The first kappa shape index (κ1) is 28.5. The van der Waals surface area contributed by atoms with Gasteiger partial charge in [0.1, 0.15) is 5.60 Å². The summed E-state index contributed by atoms with van der Waals surface area (Å²) >= 11 is 0. The standard InChI is InChI=1S/C37H42N2O3/c1-36-23-32(25-10-13-28(14-11-25)38(2)3)34-30-17-15-29(40)22-27(30)12-16-31(34)33(36)19-21-37(36,42)20-18-24-6-8-26(9-7-24)35(41)39(4)5/h6-11,13-14,22,31-33,42H,12,15-17,19,21,23H2,1-5H3/t31-,32+,33-,36-,37-/m0/s1. The molecule has 2 aromatic rings. The van der Waals surface area contributed by atoms with E-state index < -0.39 is 5.60 Å². The third-order valence-corrected chi connectivity index (χ3v) is 10.6. The van der Waals surface area contributed by atoms with Gasteiger partial charge in [0.2, 0.25) is 0 Å². The van der Waals surface area contributed by atoms with Gasteiger partial charge in [-0.15, -0.1) is 0 Å². The lowest BCUT2D eigenvalue weighted by atomic mass is 9.51. The van der Waals surface area contributed by atoms with Crippen molar-refractivity contribution in [3.05, 3.63) is 88.0 Å². The van der Waals surface area contributed by atoms with Crippen LogP contribution in [-0.2, 0) is 4.79 Å². The van der Waals surface area contributed by atoms with Crippen LogP contribution in [0.2, 0.25) is 0 Å². The fourth-order valence-electron chi connectivity index (χ4n) is 8.30. The van der Waals surface area contributed by atoms with E-state index in [1.165, 1.54) is 28.0 Å². The number of nitrogens with zero attached hydrogens (tertiary/aromatic N) is 2. The van der Waals surface area contributed by atoms with Gasteiger partial charge in [-0.3, -0.25) is 9.59 Å². The smallest absolute Gasteiger partial charge is 0.253 e.